The molecule has 1 saturated carbocycles. The first-order valence-electron chi connectivity index (χ1n) is 9.89. The van der Waals surface area contributed by atoms with Gasteiger partial charge in [-0.25, -0.2) is 0 Å². The maximum atomic E-state index is 12.2. The molecule has 1 fully saturated rings. The number of aromatic hydroxyl groups is 2. The van der Waals surface area contributed by atoms with Crippen LogP contribution in [0.15, 0.2) is 17.7 Å². The topological polar surface area (TPSA) is 94.8 Å². The van der Waals surface area contributed by atoms with Crippen LogP contribution in [0.2, 0.25) is 0 Å². The zero-order valence-electron chi connectivity index (χ0n) is 17.5. The summed E-state index contributed by atoms with van der Waals surface area (Å²) in [6, 6.07) is 1.45. The van der Waals surface area contributed by atoms with Gasteiger partial charge < -0.3 is 15.3 Å². The van der Waals surface area contributed by atoms with E-state index in [1.165, 1.54) is 6.07 Å². The molecule has 0 aromatic heterocycles. The number of Topliss-reactive ketones (excluding diaryl/α,β-unsaturated/α-hetero) is 1. The van der Waals surface area contributed by atoms with Crippen molar-refractivity contribution < 1.29 is 24.9 Å². The zero-order valence-corrected chi connectivity index (χ0v) is 17.5. The lowest BCUT2D eigenvalue weighted by Gasteiger charge is -2.45. The van der Waals surface area contributed by atoms with Crippen molar-refractivity contribution in [1.29, 1.82) is 0 Å². The van der Waals surface area contributed by atoms with E-state index in [1.807, 2.05) is 6.92 Å². The fourth-order valence-electron chi connectivity index (χ4n) is 4.24. The lowest BCUT2D eigenvalue weighted by molar-refractivity contribution is -0.133. The minimum absolute atomic E-state index is 0.0776. The van der Waals surface area contributed by atoms with Crippen LogP contribution in [-0.4, -0.2) is 33.5 Å². The lowest BCUT2D eigenvalue weighted by Crippen LogP contribution is -2.43. The van der Waals surface area contributed by atoms with Gasteiger partial charge in [0.05, 0.1) is 11.7 Å². The number of ketones is 1. The van der Waals surface area contributed by atoms with E-state index in [9.17, 15) is 24.9 Å². The number of hydrogen-bond acceptors (Lipinski definition) is 5. The Labute approximate surface area is 167 Å². The van der Waals surface area contributed by atoms with Crippen molar-refractivity contribution in [3.8, 4) is 11.5 Å². The lowest BCUT2D eigenvalue weighted by atomic mass is 9.59. The van der Waals surface area contributed by atoms with Crippen LogP contribution in [0.25, 0.3) is 0 Å². The largest absolute Gasteiger partial charge is 0.508 e. The van der Waals surface area contributed by atoms with Gasteiger partial charge in [-0.2, -0.15) is 0 Å². The Balaban J connectivity index is 2.20. The van der Waals surface area contributed by atoms with E-state index >= 15 is 0 Å². The molecule has 154 valence electrons. The Kier molecular flexibility index (Phi) is 6.71. The monoisotopic (exact) mass is 388 g/mol. The number of carbonyl (C=O) groups excluding carboxylic acids is 2. The van der Waals surface area contributed by atoms with Gasteiger partial charge in [0, 0.05) is 17.9 Å². The number of aryl methyl sites for hydroxylation is 1. The van der Waals surface area contributed by atoms with Crippen molar-refractivity contribution in [2.75, 3.05) is 0 Å². The van der Waals surface area contributed by atoms with Crippen molar-refractivity contribution in [2.24, 2.45) is 17.3 Å². The summed E-state index contributed by atoms with van der Waals surface area (Å²) in [6.45, 7) is 9.61. The molecule has 0 saturated heterocycles. The molecule has 0 spiro atoms. The zero-order chi connectivity index (χ0) is 21.2. The van der Waals surface area contributed by atoms with Gasteiger partial charge in [-0.3, -0.25) is 9.59 Å². The molecule has 2 rings (SSSR count). The number of phenols is 2. The first-order valence-corrected chi connectivity index (χ1v) is 9.89. The summed E-state index contributed by atoms with van der Waals surface area (Å²) in [7, 11) is 0. The number of aldehydes is 1. The summed E-state index contributed by atoms with van der Waals surface area (Å²) in [4.78, 5) is 23.4. The van der Waals surface area contributed by atoms with Crippen molar-refractivity contribution in [2.45, 2.75) is 66.4 Å². The molecule has 0 amide bonds. The van der Waals surface area contributed by atoms with Crippen LogP contribution in [0, 0.1) is 24.2 Å². The minimum Gasteiger partial charge on any atom is -0.508 e. The van der Waals surface area contributed by atoms with Crippen LogP contribution in [0.5, 0.6) is 11.5 Å². The Morgan fingerprint density at radius 2 is 2.00 bits per heavy atom. The summed E-state index contributed by atoms with van der Waals surface area (Å²) in [6.07, 6.45) is 3.73. The highest BCUT2D eigenvalue weighted by molar-refractivity contribution is 5.83. The number of rotatable bonds is 6. The highest BCUT2D eigenvalue weighted by atomic mass is 16.3. The third kappa shape index (κ3) is 4.14. The summed E-state index contributed by atoms with van der Waals surface area (Å²) in [5.41, 5.74) is 1.37. The number of allylic oxidation sites excluding steroid dienone is 1. The summed E-state index contributed by atoms with van der Waals surface area (Å²) >= 11 is 0. The standard InChI is InChI=1S/C23H32O5/c1-13(6-8-17-20(26)10-14(2)18(12-24)22(17)28)21(27)11-23(5)15(3)7-9-19(25)16(23)4/h6,10,12,15-16,21,26-28H,7-9,11H2,1-5H3/t15-,16+,21+,23+/m1/s1. The molecular formula is C23H32O5. The predicted molar refractivity (Wildman–Crippen MR) is 109 cm³/mol. The van der Waals surface area contributed by atoms with Gasteiger partial charge in [0.15, 0.2) is 6.29 Å². The third-order valence-electron chi connectivity index (χ3n) is 6.95. The molecule has 1 aromatic carbocycles. The molecule has 0 heterocycles. The van der Waals surface area contributed by atoms with Gasteiger partial charge in [-0.1, -0.05) is 26.8 Å². The molecule has 0 bridgehead atoms. The normalized spacial score (nSPS) is 26.9. The van der Waals surface area contributed by atoms with E-state index in [1.54, 1.807) is 19.9 Å². The first-order chi connectivity index (χ1) is 13.0. The first kappa shape index (κ1) is 22.2. The smallest absolute Gasteiger partial charge is 0.154 e. The summed E-state index contributed by atoms with van der Waals surface area (Å²) < 4.78 is 0. The highest BCUT2D eigenvalue weighted by Crippen LogP contribution is 2.47. The number of carbonyl (C=O) groups is 2. The molecule has 0 radical (unpaired) electrons. The van der Waals surface area contributed by atoms with Crippen molar-refractivity contribution in [1.82, 2.24) is 0 Å². The molecule has 5 heteroatoms. The van der Waals surface area contributed by atoms with Crippen molar-refractivity contribution in [3.05, 3.63) is 34.4 Å². The number of aliphatic hydroxyl groups is 1. The van der Waals surface area contributed by atoms with Crippen LogP contribution in [0.3, 0.4) is 0 Å². The molecule has 1 aliphatic carbocycles. The summed E-state index contributed by atoms with van der Waals surface area (Å²) in [5, 5.41) is 31.2. The van der Waals surface area contributed by atoms with Gasteiger partial charge in [0.1, 0.15) is 17.3 Å². The number of benzene rings is 1. The molecular weight excluding hydrogens is 356 g/mol. The second kappa shape index (κ2) is 8.48. The van der Waals surface area contributed by atoms with E-state index < -0.39 is 6.10 Å². The Hall–Kier alpha value is -2.14. The second-order valence-corrected chi connectivity index (χ2v) is 8.58. The van der Waals surface area contributed by atoms with Crippen molar-refractivity contribution in [3.63, 3.8) is 0 Å². The molecule has 3 N–H and O–H groups in total. The maximum Gasteiger partial charge on any atom is 0.154 e. The minimum atomic E-state index is -0.721. The predicted octanol–water partition coefficient (Wildman–Crippen LogP) is 4.10. The van der Waals surface area contributed by atoms with Gasteiger partial charge in [0.2, 0.25) is 0 Å². The van der Waals surface area contributed by atoms with Crippen LogP contribution in [-0.2, 0) is 11.2 Å². The van der Waals surface area contributed by atoms with Crippen LogP contribution in [0.4, 0.5) is 0 Å². The maximum absolute atomic E-state index is 12.2. The molecule has 0 aliphatic heterocycles. The van der Waals surface area contributed by atoms with E-state index in [2.05, 4.69) is 13.8 Å². The summed E-state index contributed by atoms with van der Waals surface area (Å²) in [5.74, 6) is 0.191. The highest BCUT2D eigenvalue weighted by Gasteiger charge is 2.44. The molecule has 0 unspecified atom stereocenters. The van der Waals surface area contributed by atoms with Crippen LogP contribution < -0.4 is 0 Å². The van der Waals surface area contributed by atoms with E-state index in [-0.39, 0.29) is 46.2 Å². The number of aliphatic hydroxyl groups excluding tert-OH is 1. The molecule has 5 nitrogen and oxygen atoms in total. The van der Waals surface area contributed by atoms with Gasteiger partial charge in [-0.05, 0) is 61.6 Å². The average Bonchev–Trinajstić information content (AvgIpc) is 2.63. The quantitative estimate of drug-likeness (QED) is 0.504. The average molecular weight is 389 g/mol. The number of phenolic OH excluding ortho intramolecular Hbond substituents is 2. The molecule has 4 atom stereocenters. The third-order valence-corrected chi connectivity index (χ3v) is 6.95. The van der Waals surface area contributed by atoms with Crippen molar-refractivity contribution >= 4 is 12.1 Å². The van der Waals surface area contributed by atoms with Crippen LogP contribution >= 0.6 is 0 Å². The molecule has 1 aromatic rings. The second-order valence-electron chi connectivity index (χ2n) is 8.58. The fourth-order valence-corrected chi connectivity index (χ4v) is 4.24. The SMILES string of the molecule is CC(=CCc1c(O)cc(C)c(C=O)c1O)[C@@H](O)C[C@@]1(C)[C@H](C)CCC(=O)[C@@H]1C. The molecule has 28 heavy (non-hydrogen) atoms. The Morgan fingerprint density at radius 3 is 2.61 bits per heavy atom. The van der Waals surface area contributed by atoms with Gasteiger partial charge in [0.25, 0.3) is 0 Å². The van der Waals surface area contributed by atoms with E-state index in [4.69, 9.17) is 0 Å². The van der Waals surface area contributed by atoms with Crippen LogP contribution in [0.1, 0.15) is 68.4 Å². The van der Waals surface area contributed by atoms with E-state index in [0.717, 1.165) is 6.42 Å². The Bertz CT molecular complexity index is 795. The van der Waals surface area contributed by atoms with Gasteiger partial charge in [-0.15, -0.1) is 0 Å². The number of hydrogen-bond donors (Lipinski definition) is 3. The van der Waals surface area contributed by atoms with Gasteiger partial charge >= 0.3 is 0 Å². The Morgan fingerprint density at radius 1 is 1.36 bits per heavy atom. The van der Waals surface area contributed by atoms with E-state index in [0.29, 0.717) is 36.2 Å². The molecule has 1 aliphatic rings. The fraction of sp³-hybridized carbons (Fsp3) is 0.565.